The summed E-state index contributed by atoms with van der Waals surface area (Å²) in [5.41, 5.74) is 9.03. The number of anilines is 1. The average Bonchev–Trinajstić information content (AvgIpc) is 3.33. The van der Waals surface area contributed by atoms with Crippen LogP contribution in [0.25, 0.3) is 22.2 Å². The SMILES string of the molecule is CCCCCNC(=O)c1c(N)n(/N=C/c2cccs2)c2nc3ccccc3nc12. The van der Waals surface area contributed by atoms with Gasteiger partial charge in [-0.15, -0.1) is 11.3 Å². The number of hydrogen-bond donors (Lipinski definition) is 2. The van der Waals surface area contributed by atoms with Gasteiger partial charge in [-0.3, -0.25) is 4.79 Å². The Labute approximate surface area is 172 Å². The van der Waals surface area contributed by atoms with Crippen molar-refractivity contribution in [1.82, 2.24) is 20.0 Å². The zero-order valence-electron chi connectivity index (χ0n) is 16.1. The van der Waals surface area contributed by atoms with Gasteiger partial charge in [0, 0.05) is 11.4 Å². The van der Waals surface area contributed by atoms with E-state index >= 15 is 0 Å². The summed E-state index contributed by atoms with van der Waals surface area (Å²) in [6.45, 7) is 2.72. The minimum Gasteiger partial charge on any atom is -0.383 e. The van der Waals surface area contributed by atoms with Gasteiger partial charge < -0.3 is 11.1 Å². The number of nitrogens with zero attached hydrogens (tertiary/aromatic N) is 4. The number of rotatable bonds is 7. The topological polar surface area (TPSA) is 98.2 Å². The molecule has 3 heterocycles. The van der Waals surface area contributed by atoms with E-state index in [1.807, 2.05) is 41.8 Å². The normalized spacial score (nSPS) is 11.6. The van der Waals surface area contributed by atoms with Crippen molar-refractivity contribution in [3.8, 4) is 0 Å². The second-order valence-corrected chi connectivity index (χ2v) is 7.66. The van der Waals surface area contributed by atoms with E-state index in [2.05, 4.69) is 27.3 Å². The first-order valence-corrected chi connectivity index (χ1v) is 10.5. The molecular weight excluding hydrogens is 384 g/mol. The highest BCUT2D eigenvalue weighted by Crippen LogP contribution is 2.27. The van der Waals surface area contributed by atoms with E-state index in [0.29, 0.717) is 28.8 Å². The van der Waals surface area contributed by atoms with E-state index in [1.165, 1.54) is 4.68 Å². The van der Waals surface area contributed by atoms with Crippen molar-refractivity contribution in [3.05, 3.63) is 52.2 Å². The fraction of sp³-hybridized carbons (Fsp3) is 0.238. The van der Waals surface area contributed by atoms with E-state index in [1.54, 1.807) is 17.6 Å². The first kappa shape index (κ1) is 19.1. The van der Waals surface area contributed by atoms with Crippen LogP contribution in [0.4, 0.5) is 5.82 Å². The van der Waals surface area contributed by atoms with Crippen molar-refractivity contribution < 1.29 is 4.79 Å². The Bertz CT molecular complexity index is 1180. The van der Waals surface area contributed by atoms with Crippen molar-refractivity contribution in [3.63, 3.8) is 0 Å². The number of carbonyl (C=O) groups excluding carboxylic acids is 1. The Hall–Kier alpha value is -3.26. The van der Waals surface area contributed by atoms with Crippen molar-refractivity contribution in [1.29, 1.82) is 0 Å². The lowest BCUT2D eigenvalue weighted by Crippen LogP contribution is -2.25. The third-order valence-corrected chi connectivity index (χ3v) is 5.42. The molecule has 4 aromatic rings. The molecule has 0 atom stereocenters. The Morgan fingerprint density at radius 1 is 1.21 bits per heavy atom. The molecule has 0 saturated carbocycles. The van der Waals surface area contributed by atoms with Crippen LogP contribution in [0.5, 0.6) is 0 Å². The van der Waals surface area contributed by atoms with Crippen molar-refractivity contribution in [2.75, 3.05) is 12.3 Å². The molecule has 0 aliphatic rings. The van der Waals surface area contributed by atoms with Crippen LogP contribution < -0.4 is 11.1 Å². The molecule has 7 nitrogen and oxygen atoms in total. The predicted molar refractivity (Wildman–Crippen MR) is 119 cm³/mol. The molecule has 0 bridgehead atoms. The van der Waals surface area contributed by atoms with Gasteiger partial charge >= 0.3 is 0 Å². The fourth-order valence-electron chi connectivity index (χ4n) is 3.13. The lowest BCUT2D eigenvalue weighted by molar-refractivity contribution is 0.0955. The summed E-state index contributed by atoms with van der Waals surface area (Å²) in [6.07, 6.45) is 4.78. The lowest BCUT2D eigenvalue weighted by atomic mass is 10.2. The Morgan fingerprint density at radius 3 is 2.72 bits per heavy atom. The highest BCUT2D eigenvalue weighted by molar-refractivity contribution is 7.11. The largest absolute Gasteiger partial charge is 0.383 e. The first-order chi connectivity index (χ1) is 14.2. The predicted octanol–water partition coefficient (Wildman–Crippen LogP) is 4.03. The van der Waals surface area contributed by atoms with E-state index in [4.69, 9.17) is 5.73 Å². The number of hydrogen-bond acceptors (Lipinski definition) is 6. The average molecular weight is 407 g/mol. The number of nitrogen functional groups attached to an aromatic ring is 1. The lowest BCUT2D eigenvalue weighted by Gasteiger charge is -2.04. The van der Waals surface area contributed by atoms with Gasteiger partial charge in [-0.05, 0) is 30.0 Å². The smallest absolute Gasteiger partial charge is 0.257 e. The molecule has 8 heteroatoms. The van der Waals surface area contributed by atoms with Crippen molar-refractivity contribution >= 4 is 51.5 Å². The van der Waals surface area contributed by atoms with E-state index in [0.717, 1.165) is 29.7 Å². The second kappa shape index (κ2) is 8.40. The summed E-state index contributed by atoms with van der Waals surface area (Å²) >= 11 is 1.57. The summed E-state index contributed by atoms with van der Waals surface area (Å²) in [5, 5.41) is 9.41. The zero-order chi connectivity index (χ0) is 20.2. The summed E-state index contributed by atoms with van der Waals surface area (Å²) in [5.74, 6) is -0.0191. The number of nitrogens with two attached hydrogens (primary N) is 1. The van der Waals surface area contributed by atoms with Crippen LogP contribution >= 0.6 is 11.3 Å². The number of unbranched alkanes of at least 4 members (excludes halogenated alkanes) is 2. The molecule has 1 aromatic carbocycles. The molecule has 4 rings (SSSR count). The molecular formula is C21H22N6OS. The number of thiophene rings is 1. The zero-order valence-corrected chi connectivity index (χ0v) is 16.9. The summed E-state index contributed by atoms with van der Waals surface area (Å²) in [4.78, 5) is 23.2. The maximum Gasteiger partial charge on any atom is 0.257 e. The van der Waals surface area contributed by atoms with Crippen LogP contribution in [-0.4, -0.2) is 33.3 Å². The number of aromatic nitrogens is 3. The quantitative estimate of drug-likeness (QED) is 0.358. The highest BCUT2D eigenvalue weighted by atomic mass is 32.1. The molecule has 0 aliphatic carbocycles. The molecule has 29 heavy (non-hydrogen) atoms. The number of amides is 1. The van der Waals surface area contributed by atoms with E-state index < -0.39 is 0 Å². The fourth-order valence-corrected chi connectivity index (χ4v) is 3.71. The van der Waals surface area contributed by atoms with Gasteiger partial charge in [0.2, 0.25) is 0 Å². The van der Waals surface area contributed by atoms with Crippen LogP contribution in [0.15, 0.2) is 46.9 Å². The molecule has 0 saturated heterocycles. The second-order valence-electron chi connectivity index (χ2n) is 6.68. The molecule has 0 fully saturated rings. The Balaban J connectivity index is 1.81. The van der Waals surface area contributed by atoms with Gasteiger partial charge in [0.15, 0.2) is 5.65 Å². The van der Waals surface area contributed by atoms with Gasteiger partial charge in [-0.1, -0.05) is 38.0 Å². The monoisotopic (exact) mass is 406 g/mol. The minimum atomic E-state index is -0.252. The molecule has 3 aromatic heterocycles. The van der Waals surface area contributed by atoms with Crippen LogP contribution in [0.2, 0.25) is 0 Å². The molecule has 0 unspecified atom stereocenters. The molecule has 0 radical (unpaired) electrons. The first-order valence-electron chi connectivity index (χ1n) is 9.61. The molecule has 3 N–H and O–H groups in total. The van der Waals surface area contributed by atoms with Crippen LogP contribution in [0.3, 0.4) is 0 Å². The summed E-state index contributed by atoms with van der Waals surface area (Å²) < 4.78 is 1.50. The highest BCUT2D eigenvalue weighted by Gasteiger charge is 2.23. The number of para-hydroxylation sites is 2. The summed E-state index contributed by atoms with van der Waals surface area (Å²) in [6, 6.07) is 11.4. The summed E-state index contributed by atoms with van der Waals surface area (Å²) in [7, 11) is 0. The molecule has 148 valence electrons. The minimum absolute atomic E-state index is 0.233. The van der Waals surface area contributed by atoms with Crippen LogP contribution in [0, 0.1) is 0 Å². The van der Waals surface area contributed by atoms with Crippen molar-refractivity contribution in [2.24, 2.45) is 5.10 Å². The molecule has 1 amide bonds. The maximum atomic E-state index is 12.9. The number of benzene rings is 1. The Morgan fingerprint density at radius 2 is 2.00 bits per heavy atom. The van der Waals surface area contributed by atoms with Crippen LogP contribution in [0.1, 0.15) is 41.4 Å². The molecule has 0 spiro atoms. The molecule has 0 aliphatic heterocycles. The maximum absolute atomic E-state index is 12.9. The number of nitrogens with one attached hydrogen (secondary N) is 1. The van der Waals surface area contributed by atoms with Gasteiger partial charge in [0.05, 0.1) is 17.2 Å². The standard InChI is InChI=1S/C21H22N6OS/c1-2-3-6-11-23-21(28)17-18-20(26-16-10-5-4-9-15(16)25-18)27(19(17)22)24-13-14-8-7-12-29-14/h4-5,7-10,12-13H,2-3,6,11,22H2,1H3,(H,23,28)/b24-13+. The number of fused-ring (bicyclic) bond motifs is 2. The van der Waals surface area contributed by atoms with Gasteiger partial charge in [-0.25, -0.2) is 9.97 Å². The van der Waals surface area contributed by atoms with Crippen molar-refractivity contribution in [2.45, 2.75) is 26.2 Å². The Kier molecular flexibility index (Phi) is 5.53. The third kappa shape index (κ3) is 3.84. The van der Waals surface area contributed by atoms with E-state index in [9.17, 15) is 4.79 Å². The third-order valence-electron chi connectivity index (χ3n) is 4.61. The number of carbonyl (C=O) groups is 1. The van der Waals surface area contributed by atoms with Crippen LogP contribution in [-0.2, 0) is 0 Å². The van der Waals surface area contributed by atoms with Gasteiger partial charge in [-0.2, -0.15) is 9.78 Å². The van der Waals surface area contributed by atoms with Gasteiger partial charge in [0.1, 0.15) is 16.9 Å². The van der Waals surface area contributed by atoms with E-state index in [-0.39, 0.29) is 11.7 Å². The van der Waals surface area contributed by atoms with Gasteiger partial charge in [0.25, 0.3) is 5.91 Å².